The number of esters is 2. The van der Waals surface area contributed by atoms with E-state index in [1.54, 1.807) is 0 Å². The SMILES string of the molecule is CC(=O)OC(c1ccccc1C)C(OC(C)=O)c1ccccc1C. The highest BCUT2D eigenvalue weighted by Gasteiger charge is 2.32. The van der Waals surface area contributed by atoms with Crippen molar-refractivity contribution < 1.29 is 19.1 Å². The first kappa shape index (κ1) is 17.7. The van der Waals surface area contributed by atoms with Crippen LogP contribution in [0, 0.1) is 13.8 Å². The van der Waals surface area contributed by atoms with Crippen LogP contribution in [0.5, 0.6) is 0 Å². The first-order valence-electron chi connectivity index (χ1n) is 7.85. The molecule has 0 spiro atoms. The van der Waals surface area contributed by atoms with Gasteiger partial charge in [-0.05, 0) is 36.1 Å². The van der Waals surface area contributed by atoms with Gasteiger partial charge in [-0.15, -0.1) is 0 Å². The molecule has 4 heteroatoms. The molecule has 0 heterocycles. The topological polar surface area (TPSA) is 52.6 Å². The number of hydrogen-bond donors (Lipinski definition) is 0. The summed E-state index contributed by atoms with van der Waals surface area (Å²) in [6, 6.07) is 15.2. The molecule has 0 bridgehead atoms. The Morgan fingerprint density at radius 2 is 1.04 bits per heavy atom. The number of ether oxygens (including phenoxy) is 2. The lowest BCUT2D eigenvalue weighted by atomic mass is 9.92. The fourth-order valence-electron chi connectivity index (χ4n) is 2.75. The molecule has 0 aliphatic rings. The summed E-state index contributed by atoms with van der Waals surface area (Å²) in [6.45, 7) is 6.59. The van der Waals surface area contributed by atoms with Crippen molar-refractivity contribution in [2.24, 2.45) is 0 Å². The van der Waals surface area contributed by atoms with Crippen LogP contribution in [-0.4, -0.2) is 11.9 Å². The Labute approximate surface area is 142 Å². The Morgan fingerprint density at radius 1 is 0.708 bits per heavy atom. The normalized spacial score (nSPS) is 13.0. The van der Waals surface area contributed by atoms with Crippen LogP contribution in [0.3, 0.4) is 0 Å². The van der Waals surface area contributed by atoms with Crippen LogP contribution in [0.15, 0.2) is 48.5 Å². The molecule has 0 saturated heterocycles. The molecule has 0 fully saturated rings. The number of benzene rings is 2. The van der Waals surface area contributed by atoms with Crippen molar-refractivity contribution in [3.63, 3.8) is 0 Å². The van der Waals surface area contributed by atoms with Crippen molar-refractivity contribution in [2.45, 2.75) is 39.9 Å². The summed E-state index contributed by atoms with van der Waals surface area (Å²) < 4.78 is 11.1. The Kier molecular flexibility index (Phi) is 5.74. The molecular formula is C20H22O4. The number of carbonyl (C=O) groups excluding carboxylic acids is 2. The second-order valence-electron chi connectivity index (χ2n) is 5.77. The summed E-state index contributed by atoms with van der Waals surface area (Å²) in [5.74, 6) is -0.844. The molecular weight excluding hydrogens is 304 g/mol. The first-order chi connectivity index (χ1) is 11.4. The first-order valence-corrected chi connectivity index (χ1v) is 7.85. The van der Waals surface area contributed by atoms with E-state index in [-0.39, 0.29) is 0 Å². The molecule has 4 nitrogen and oxygen atoms in total. The van der Waals surface area contributed by atoms with E-state index < -0.39 is 24.1 Å². The van der Waals surface area contributed by atoms with E-state index in [0.29, 0.717) is 0 Å². The minimum absolute atomic E-state index is 0.422. The Bertz CT molecular complexity index is 672. The molecule has 2 aromatic carbocycles. The fourth-order valence-corrected chi connectivity index (χ4v) is 2.75. The van der Waals surface area contributed by atoms with Gasteiger partial charge in [-0.25, -0.2) is 0 Å². The van der Waals surface area contributed by atoms with E-state index in [2.05, 4.69) is 0 Å². The van der Waals surface area contributed by atoms with Crippen molar-refractivity contribution in [2.75, 3.05) is 0 Å². The van der Waals surface area contributed by atoms with E-state index in [0.717, 1.165) is 22.3 Å². The summed E-state index contributed by atoms with van der Waals surface area (Å²) in [7, 11) is 0. The van der Waals surface area contributed by atoms with Crippen molar-refractivity contribution in [3.05, 3.63) is 70.8 Å². The highest BCUT2D eigenvalue weighted by atomic mass is 16.6. The average molecular weight is 326 g/mol. The maximum Gasteiger partial charge on any atom is 0.303 e. The van der Waals surface area contributed by atoms with E-state index in [9.17, 15) is 9.59 Å². The predicted octanol–water partition coefficient (Wildman–Crippen LogP) is 4.21. The smallest absolute Gasteiger partial charge is 0.303 e. The summed E-state index contributed by atoms with van der Waals surface area (Å²) in [5.41, 5.74) is 3.58. The van der Waals surface area contributed by atoms with Crippen LogP contribution in [0.1, 0.15) is 48.3 Å². The molecule has 2 rings (SSSR count). The van der Waals surface area contributed by atoms with E-state index in [4.69, 9.17) is 9.47 Å². The van der Waals surface area contributed by atoms with Gasteiger partial charge in [0.1, 0.15) is 0 Å². The van der Waals surface area contributed by atoms with E-state index in [1.165, 1.54) is 13.8 Å². The molecule has 0 N–H and O–H groups in total. The number of aryl methyl sites for hydroxylation is 2. The molecule has 0 amide bonds. The molecule has 0 aliphatic carbocycles. The van der Waals surface area contributed by atoms with Crippen LogP contribution >= 0.6 is 0 Å². The molecule has 2 aromatic rings. The van der Waals surface area contributed by atoms with Crippen LogP contribution < -0.4 is 0 Å². The van der Waals surface area contributed by atoms with Gasteiger partial charge in [0.25, 0.3) is 0 Å². The lowest BCUT2D eigenvalue weighted by Crippen LogP contribution is -2.23. The molecule has 126 valence electrons. The third-order valence-corrected chi connectivity index (χ3v) is 3.85. The summed E-state index contributed by atoms with van der Waals surface area (Å²) in [5, 5.41) is 0. The predicted molar refractivity (Wildman–Crippen MR) is 91.4 cm³/mol. The standard InChI is InChI=1S/C20H22O4/c1-13-9-5-7-11-17(13)19(23-15(3)21)20(24-16(4)22)18-12-8-6-10-14(18)2/h5-12,19-20H,1-4H3. The molecule has 0 saturated carbocycles. The average Bonchev–Trinajstić information content (AvgIpc) is 2.52. The van der Waals surface area contributed by atoms with Gasteiger partial charge < -0.3 is 9.47 Å². The third-order valence-electron chi connectivity index (χ3n) is 3.85. The maximum atomic E-state index is 11.7. The minimum atomic E-state index is -0.700. The fraction of sp³-hybridized carbons (Fsp3) is 0.300. The third kappa shape index (κ3) is 4.22. The highest BCUT2D eigenvalue weighted by molar-refractivity contribution is 5.68. The zero-order valence-electron chi connectivity index (χ0n) is 14.4. The van der Waals surface area contributed by atoms with Gasteiger partial charge in [-0.2, -0.15) is 0 Å². The number of hydrogen-bond acceptors (Lipinski definition) is 4. The van der Waals surface area contributed by atoms with Gasteiger partial charge in [0.2, 0.25) is 0 Å². The van der Waals surface area contributed by atoms with Crippen molar-refractivity contribution in [3.8, 4) is 0 Å². The van der Waals surface area contributed by atoms with Gasteiger partial charge in [-0.1, -0.05) is 48.5 Å². The van der Waals surface area contributed by atoms with Crippen molar-refractivity contribution in [1.82, 2.24) is 0 Å². The quantitative estimate of drug-likeness (QED) is 0.772. The summed E-state index contributed by atoms with van der Waals surface area (Å²) >= 11 is 0. The van der Waals surface area contributed by atoms with Gasteiger partial charge in [0, 0.05) is 13.8 Å². The lowest BCUT2D eigenvalue weighted by Gasteiger charge is -2.29. The van der Waals surface area contributed by atoms with Gasteiger partial charge >= 0.3 is 11.9 Å². The van der Waals surface area contributed by atoms with Crippen LogP contribution in [0.25, 0.3) is 0 Å². The number of carbonyl (C=O) groups is 2. The van der Waals surface area contributed by atoms with Crippen molar-refractivity contribution in [1.29, 1.82) is 0 Å². The molecule has 24 heavy (non-hydrogen) atoms. The molecule has 0 radical (unpaired) electrons. The van der Waals surface area contributed by atoms with E-state index >= 15 is 0 Å². The monoisotopic (exact) mass is 326 g/mol. The largest absolute Gasteiger partial charge is 0.453 e. The molecule has 2 unspecified atom stereocenters. The van der Waals surface area contributed by atoms with Crippen LogP contribution in [0.4, 0.5) is 0 Å². The van der Waals surface area contributed by atoms with Crippen LogP contribution in [-0.2, 0) is 19.1 Å². The number of rotatable bonds is 5. The maximum absolute atomic E-state index is 11.7. The Balaban J connectivity index is 2.57. The van der Waals surface area contributed by atoms with Gasteiger partial charge in [0.15, 0.2) is 12.2 Å². The van der Waals surface area contributed by atoms with E-state index in [1.807, 2.05) is 62.4 Å². The zero-order valence-corrected chi connectivity index (χ0v) is 14.4. The van der Waals surface area contributed by atoms with Gasteiger partial charge in [0.05, 0.1) is 0 Å². The lowest BCUT2D eigenvalue weighted by molar-refractivity contribution is -0.167. The van der Waals surface area contributed by atoms with Crippen LogP contribution in [0.2, 0.25) is 0 Å². The minimum Gasteiger partial charge on any atom is -0.453 e. The summed E-state index contributed by atoms with van der Waals surface area (Å²) in [6.07, 6.45) is -1.40. The molecule has 0 aromatic heterocycles. The van der Waals surface area contributed by atoms with Gasteiger partial charge in [-0.3, -0.25) is 9.59 Å². The second kappa shape index (κ2) is 7.77. The zero-order chi connectivity index (χ0) is 17.7. The molecule has 2 atom stereocenters. The highest BCUT2D eigenvalue weighted by Crippen LogP contribution is 2.38. The second-order valence-corrected chi connectivity index (χ2v) is 5.77. The Morgan fingerprint density at radius 3 is 1.33 bits per heavy atom. The van der Waals surface area contributed by atoms with Crippen molar-refractivity contribution >= 4 is 11.9 Å². The summed E-state index contributed by atoms with van der Waals surface area (Å²) in [4.78, 5) is 23.4. The molecule has 0 aliphatic heterocycles. The Hall–Kier alpha value is -2.62.